The third-order valence-electron chi connectivity index (χ3n) is 6.35. The van der Waals surface area contributed by atoms with Gasteiger partial charge in [0.1, 0.15) is 29.1 Å². The number of aromatic nitrogens is 4. The van der Waals surface area contributed by atoms with Gasteiger partial charge in [0.25, 0.3) is 5.91 Å². The number of halogens is 3. The zero-order valence-corrected chi connectivity index (χ0v) is 22.4. The molecular formula is C28H25F3N8O3. The summed E-state index contributed by atoms with van der Waals surface area (Å²) in [7, 11) is 3.50. The Bertz CT molecular complexity index is 1630. The quantitative estimate of drug-likeness (QED) is 0.283. The van der Waals surface area contributed by atoms with E-state index in [0.717, 1.165) is 12.1 Å². The number of amides is 2. The van der Waals surface area contributed by atoms with Crippen LogP contribution in [-0.2, 0) is 11.0 Å². The molecule has 3 heterocycles. The van der Waals surface area contributed by atoms with Gasteiger partial charge in [-0.3, -0.25) is 9.59 Å². The largest absolute Gasteiger partial charge is 0.457 e. The normalized spacial score (nSPS) is 14.8. The van der Waals surface area contributed by atoms with Gasteiger partial charge in [-0.25, -0.2) is 19.9 Å². The fraction of sp³-hybridized carbons (Fsp3) is 0.214. The minimum absolute atomic E-state index is 0.0434. The number of nitrogens with zero attached hydrogens (tertiary/aromatic N) is 5. The summed E-state index contributed by atoms with van der Waals surface area (Å²) in [6.07, 6.45) is -1.16. The maximum absolute atomic E-state index is 13.5. The highest BCUT2D eigenvalue weighted by molar-refractivity contribution is 5.92. The van der Waals surface area contributed by atoms with E-state index in [4.69, 9.17) is 10.5 Å². The van der Waals surface area contributed by atoms with E-state index in [9.17, 15) is 22.8 Å². The van der Waals surface area contributed by atoms with Gasteiger partial charge in [0, 0.05) is 55.8 Å². The summed E-state index contributed by atoms with van der Waals surface area (Å²) in [5, 5.41) is 5.71. The summed E-state index contributed by atoms with van der Waals surface area (Å²) in [4.78, 5) is 42.6. The number of benzene rings is 2. The summed E-state index contributed by atoms with van der Waals surface area (Å²) in [5.41, 5.74) is 5.57. The molecule has 0 radical (unpaired) electrons. The van der Waals surface area contributed by atoms with Gasteiger partial charge in [0.15, 0.2) is 5.82 Å². The van der Waals surface area contributed by atoms with Gasteiger partial charge in [0.2, 0.25) is 11.9 Å². The molecule has 5 rings (SSSR count). The number of anilines is 2. The van der Waals surface area contributed by atoms with Crippen molar-refractivity contribution >= 4 is 23.6 Å². The van der Waals surface area contributed by atoms with Crippen molar-refractivity contribution in [2.24, 2.45) is 5.73 Å². The van der Waals surface area contributed by atoms with Crippen LogP contribution in [0, 0.1) is 0 Å². The van der Waals surface area contributed by atoms with E-state index in [1.165, 1.54) is 24.5 Å². The molecule has 11 nitrogen and oxygen atoms in total. The van der Waals surface area contributed by atoms with Crippen molar-refractivity contribution in [2.75, 3.05) is 30.9 Å². The topological polar surface area (TPSA) is 148 Å². The van der Waals surface area contributed by atoms with Gasteiger partial charge in [-0.1, -0.05) is 0 Å². The van der Waals surface area contributed by atoms with Gasteiger partial charge in [-0.05, 0) is 48.9 Å². The molecule has 1 aliphatic heterocycles. The van der Waals surface area contributed by atoms with Crippen molar-refractivity contribution in [3.63, 3.8) is 0 Å². The first kappa shape index (κ1) is 28.3. The average molecular weight is 579 g/mol. The Morgan fingerprint density at radius 2 is 1.76 bits per heavy atom. The minimum Gasteiger partial charge on any atom is -0.457 e. The average Bonchev–Trinajstić information content (AvgIpc) is 3.36. The van der Waals surface area contributed by atoms with Crippen LogP contribution in [0.1, 0.15) is 22.5 Å². The van der Waals surface area contributed by atoms with Crippen LogP contribution in [0.3, 0.4) is 0 Å². The van der Waals surface area contributed by atoms with E-state index in [1.807, 2.05) is 0 Å². The van der Waals surface area contributed by atoms with E-state index in [1.54, 1.807) is 43.3 Å². The van der Waals surface area contributed by atoms with Crippen LogP contribution in [0.15, 0.2) is 60.9 Å². The highest BCUT2D eigenvalue weighted by Crippen LogP contribution is 2.39. The molecule has 2 amide bonds. The Morgan fingerprint density at radius 3 is 2.36 bits per heavy atom. The number of carbonyl (C=O) groups excluding carboxylic acids is 2. The number of alkyl halides is 3. The maximum Gasteiger partial charge on any atom is 0.416 e. The van der Waals surface area contributed by atoms with E-state index >= 15 is 0 Å². The van der Waals surface area contributed by atoms with E-state index < -0.39 is 23.7 Å². The molecule has 0 saturated carbocycles. The molecule has 1 aliphatic rings. The molecule has 1 saturated heterocycles. The Kier molecular flexibility index (Phi) is 7.61. The second kappa shape index (κ2) is 11.3. The molecule has 0 spiro atoms. The lowest BCUT2D eigenvalue weighted by Gasteiger charge is -2.16. The lowest BCUT2D eigenvalue weighted by atomic mass is 10.0. The molecule has 1 fully saturated rings. The highest BCUT2D eigenvalue weighted by atomic mass is 19.4. The van der Waals surface area contributed by atoms with E-state index in [2.05, 4.69) is 30.6 Å². The predicted octanol–water partition coefficient (Wildman–Crippen LogP) is 3.88. The minimum atomic E-state index is -4.56. The lowest BCUT2D eigenvalue weighted by molar-refractivity contribution is -0.137. The summed E-state index contributed by atoms with van der Waals surface area (Å²) in [6.45, 7) is 0.521. The zero-order valence-electron chi connectivity index (χ0n) is 22.4. The monoisotopic (exact) mass is 578 g/mol. The highest BCUT2D eigenvalue weighted by Gasteiger charge is 2.31. The van der Waals surface area contributed by atoms with Crippen molar-refractivity contribution in [3.8, 4) is 34.0 Å². The smallest absolute Gasteiger partial charge is 0.416 e. The Labute approximate surface area is 238 Å². The lowest BCUT2D eigenvalue weighted by Crippen LogP contribution is -2.30. The number of nitrogens with one attached hydrogen (secondary N) is 2. The summed E-state index contributed by atoms with van der Waals surface area (Å²) < 4.78 is 46.5. The molecule has 14 heteroatoms. The molecule has 4 N–H and O–H groups in total. The number of hydrogen-bond acceptors (Lipinski definition) is 9. The third kappa shape index (κ3) is 6.22. The van der Waals surface area contributed by atoms with Crippen LogP contribution in [0.4, 0.5) is 24.9 Å². The van der Waals surface area contributed by atoms with Crippen LogP contribution in [0.25, 0.3) is 22.5 Å². The van der Waals surface area contributed by atoms with Crippen molar-refractivity contribution in [3.05, 3.63) is 72.2 Å². The molecule has 0 aliphatic carbocycles. The van der Waals surface area contributed by atoms with Crippen molar-refractivity contribution in [2.45, 2.75) is 18.6 Å². The first-order valence-corrected chi connectivity index (χ1v) is 12.7. The number of rotatable bonds is 8. The number of ether oxygens (including phenoxy) is 1. The zero-order chi connectivity index (χ0) is 30.0. The molecule has 42 heavy (non-hydrogen) atoms. The molecule has 2 aromatic carbocycles. The number of carbonyl (C=O) groups is 2. The van der Waals surface area contributed by atoms with Crippen molar-refractivity contribution < 1.29 is 27.5 Å². The SMILES string of the molecule is CN(C)c1ncc(-c2cc(C(F)(F)F)ccc2Oc2ccc(-c3nc(NC4CCNC4=O)cc(C(N)=O)n3)cc2)cn1. The Hall–Kier alpha value is -5.27. The molecule has 0 bridgehead atoms. The van der Waals surface area contributed by atoms with Crippen LogP contribution in [0.5, 0.6) is 11.5 Å². The van der Waals surface area contributed by atoms with Gasteiger partial charge >= 0.3 is 6.18 Å². The van der Waals surface area contributed by atoms with Gasteiger partial charge in [-0.2, -0.15) is 13.2 Å². The second-order valence-electron chi connectivity index (χ2n) is 9.60. The Balaban J connectivity index is 1.44. The van der Waals surface area contributed by atoms with Gasteiger partial charge in [0.05, 0.1) is 5.56 Å². The van der Waals surface area contributed by atoms with E-state index in [-0.39, 0.29) is 34.6 Å². The first-order valence-electron chi connectivity index (χ1n) is 12.7. The van der Waals surface area contributed by atoms with E-state index in [0.29, 0.717) is 35.8 Å². The van der Waals surface area contributed by atoms with Crippen LogP contribution in [-0.4, -0.2) is 58.4 Å². The van der Waals surface area contributed by atoms with Crippen LogP contribution < -0.4 is 26.0 Å². The number of hydrogen-bond donors (Lipinski definition) is 3. The molecule has 4 aromatic rings. The first-order chi connectivity index (χ1) is 20.0. The summed E-state index contributed by atoms with van der Waals surface area (Å²) in [6, 6.07) is 10.4. The molecular weight excluding hydrogens is 553 g/mol. The summed E-state index contributed by atoms with van der Waals surface area (Å²) >= 11 is 0. The molecule has 1 unspecified atom stereocenters. The van der Waals surface area contributed by atoms with Crippen LogP contribution >= 0.6 is 0 Å². The van der Waals surface area contributed by atoms with Gasteiger partial charge in [-0.15, -0.1) is 0 Å². The maximum atomic E-state index is 13.5. The fourth-order valence-electron chi connectivity index (χ4n) is 4.20. The standard InChI is InChI=1S/C28H25F3N8O3/c1-39(2)27-34-13-16(14-35-27)19-11-17(28(29,30)31)5-8-22(19)42-18-6-3-15(4-7-18)25-37-21(24(32)40)12-23(38-25)36-20-9-10-33-26(20)41/h3-8,11-14,20H,9-10H2,1-2H3,(H2,32,40)(H,33,41)(H,36,37,38). The van der Waals surface area contributed by atoms with Gasteiger partial charge < -0.3 is 26.0 Å². The summed E-state index contributed by atoms with van der Waals surface area (Å²) in [5.74, 6) is 0.356. The molecule has 2 aromatic heterocycles. The van der Waals surface area contributed by atoms with Crippen molar-refractivity contribution in [1.82, 2.24) is 25.3 Å². The second-order valence-corrected chi connectivity index (χ2v) is 9.60. The predicted molar refractivity (Wildman–Crippen MR) is 148 cm³/mol. The fourth-order valence-corrected chi connectivity index (χ4v) is 4.20. The molecule has 216 valence electrons. The third-order valence-corrected chi connectivity index (χ3v) is 6.35. The van der Waals surface area contributed by atoms with Crippen molar-refractivity contribution in [1.29, 1.82) is 0 Å². The number of nitrogens with two attached hydrogens (primary N) is 1. The number of primary amides is 1. The van der Waals surface area contributed by atoms with Crippen LogP contribution in [0.2, 0.25) is 0 Å². The molecule has 1 atom stereocenters. The Morgan fingerprint density at radius 1 is 1.05 bits per heavy atom.